The van der Waals surface area contributed by atoms with E-state index in [0.717, 1.165) is 42.1 Å². The van der Waals surface area contributed by atoms with Crippen LogP contribution in [0.2, 0.25) is 0 Å². The fraction of sp³-hybridized carbons (Fsp3) is 0.484. The minimum Gasteiger partial charge on any atom is -0.484 e. The Bertz CT molecular complexity index is 2040. The molecule has 0 spiro atoms. The molecule has 7 N–H and O–H groups in total. The average Bonchev–Trinajstić information content (AvgIpc) is 3.61. The third-order valence-corrected chi connectivity index (χ3v) is 9.36. The molecule has 18 nitrogen and oxygen atoms in total. The summed E-state index contributed by atoms with van der Waals surface area (Å²) in [5.74, 6) is -8.29. The molecule has 2 aromatic carbocycles. The Balaban J connectivity index is 1.59. The highest BCUT2D eigenvalue weighted by Gasteiger charge is 2.57. The summed E-state index contributed by atoms with van der Waals surface area (Å²) in [4.78, 5) is 23.2. The van der Waals surface area contributed by atoms with E-state index in [4.69, 9.17) is 9.47 Å². The number of aliphatic carboxylic acids is 1. The number of aliphatic hydroxyl groups is 4. The van der Waals surface area contributed by atoms with E-state index in [1.54, 1.807) is 0 Å². The number of nitrogens with one attached hydrogen (secondary N) is 2. The third kappa shape index (κ3) is 11.6. The summed E-state index contributed by atoms with van der Waals surface area (Å²) >= 11 is 0. The normalized spacial score (nSPS) is 21.3. The van der Waals surface area contributed by atoms with E-state index in [9.17, 15) is 78.7 Å². The summed E-state index contributed by atoms with van der Waals surface area (Å²) in [5.41, 5.74) is -1.48. The molecule has 1 amide bonds. The zero-order valence-electron chi connectivity index (χ0n) is 29.3. The van der Waals surface area contributed by atoms with Crippen molar-refractivity contribution in [2.75, 3.05) is 19.8 Å². The van der Waals surface area contributed by atoms with Crippen LogP contribution in [0.1, 0.15) is 31.0 Å². The molecule has 0 unspecified atom stereocenters. The standard InChI is InChI=1S/C31H33F8N5O13S/c1-14(46)41-24-19(47)8-29(28(50)51,57-26(24)25(49)20(48)11-45)56-21-4-2-16(6-18(21)27(32)33)44-10-15(42-43-44)9-40-58(52,53)23-7-17(54-12-30(34,35)36)3-5-22(23)55-13-31(37,38)39/h2-7,10,19-20,24-27,40,45,47-49H,8-9,11-13H2,1H3,(H,41,46)(H,50,51)/t19-,20+,24+,25+,26+,29+/m0/s1. The van der Waals surface area contributed by atoms with Crippen LogP contribution in [0.3, 0.4) is 0 Å². The first-order chi connectivity index (χ1) is 26.8. The zero-order valence-corrected chi connectivity index (χ0v) is 30.1. The highest BCUT2D eigenvalue weighted by Crippen LogP contribution is 2.39. The molecule has 0 aliphatic carbocycles. The average molecular weight is 868 g/mol. The maximum Gasteiger partial charge on any atom is 0.422 e. The van der Waals surface area contributed by atoms with Crippen LogP contribution < -0.4 is 24.2 Å². The van der Waals surface area contributed by atoms with Gasteiger partial charge in [-0.25, -0.2) is 31.4 Å². The van der Waals surface area contributed by atoms with Gasteiger partial charge in [0.25, 0.3) is 6.43 Å². The fourth-order valence-electron chi connectivity index (χ4n) is 5.34. The van der Waals surface area contributed by atoms with Gasteiger partial charge in [-0.3, -0.25) is 4.79 Å². The van der Waals surface area contributed by atoms with Gasteiger partial charge in [-0.2, -0.15) is 26.3 Å². The van der Waals surface area contributed by atoms with Crippen molar-refractivity contribution in [1.82, 2.24) is 25.0 Å². The maximum atomic E-state index is 14.4. The van der Waals surface area contributed by atoms with E-state index < -0.39 is 137 Å². The van der Waals surface area contributed by atoms with E-state index in [-0.39, 0.29) is 11.4 Å². The number of halogens is 8. The third-order valence-electron chi connectivity index (χ3n) is 7.94. The van der Waals surface area contributed by atoms with Crippen molar-refractivity contribution in [1.29, 1.82) is 0 Å². The van der Waals surface area contributed by atoms with Crippen molar-refractivity contribution < 1.29 is 97.6 Å². The Hall–Kier alpha value is -4.93. The molecule has 0 bridgehead atoms. The van der Waals surface area contributed by atoms with Crippen LogP contribution in [-0.2, 0) is 30.9 Å². The van der Waals surface area contributed by atoms with E-state index in [0.29, 0.717) is 12.1 Å². The first-order valence-corrected chi connectivity index (χ1v) is 17.7. The number of nitrogens with zero attached hydrogens (tertiary/aromatic N) is 3. The minimum absolute atomic E-state index is 0.222. The highest BCUT2D eigenvalue weighted by atomic mass is 32.2. The second-order valence-electron chi connectivity index (χ2n) is 12.4. The quantitative estimate of drug-likeness (QED) is 0.0938. The van der Waals surface area contributed by atoms with Crippen LogP contribution in [0.25, 0.3) is 5.69 Å². The summed E-state index contributed by atoms with van der Waals surface area (Å²) < 4.78 is 154. The van der Waals surface area contributed by atoms with E-state index >= 15 is 0 Å². The van der Waals surface area contributed by atoms with Crippen molar-refractivity contribution in [3.63, 3.8) is 0 Å². The number of benzene rings is 2. The molecule has 3 aromatic rings. The predicted molar refractivity (Wildman–Crippen MR) is 173 cm³/mol. The number of carbonyl (C=O) groups excluding carboxylic acids is 1. The first-order valence-electron chi connectivity index (χ1n) is 16.2. The molecule has 1 saturated heterocycles. The second kappa shape index (κ2) is 17.9. The molecule has 27 heteroatoms. The van der Waals surface area contributed by atoms with Gasteiger partial charge in [0, 0.05) is 13.0 Å². The van der Waals surface area contributed by atoms with Crippen molar-refractivity contribution in [2.24, 2.45) is 0 Å². The molecule has 0 radical (unpaired) electrons. The van der Waals surface area contributed by atoms with Crippen molar-refractivity contribution in [3.05, 3.63) is 53.9 Å². The van der Waals surface area contributed by atoms with Crippen LogP contribution >= 0.6 is 0 Å². The fourth-order valence-corrected chi connectivity index (χ4v) is 6.49. The number of ether oxygens (including phenoxy) is 4. The van der Waals surface area contributed by atoms with Crippen LogP contribution in [0.4, 0.5) is 35.1 Å². The maximum absolute atomic E-state index is 14.4. The van der Waals surface area contributed by atoms with Crippen molar-refractivity contribution in [3.8, 4) is 22.9 Å². The van der Waals surface area contributed by atoms with Gasteiger partial charge in [-0.1, -0.05) is 5.21 Å². The van der Waals surface area contributed by atoms with Crippen molar-refractivity contribution >= 4 is 21.9 Å². The Kier molecular flexibility index (Phi) is 14.1. The topological polar surface area (TPSA) is 261 Å². The number of hydrogen-bond acceptors (Lipinski definition) is 14. The Labute approximate surface area is 320 Å². The number of carbonyl (C=O) groups is 2. The lowest BCUT2D eigenvalue weighted by Crippen LogP contribution is -2.68. The molecule has 2 heterocycles. The van der Waals surface area contributed by atoms with Gasteiger partial charge in [0.1, 0.15) is 40.5 Å². The summed E-state index contributed by atoms with van der Waals surface area (Å²) in [6.45, 7) is -4.71. The molecular weight excluding hydrogens is 834 g/mol. The number of aromatic nitrogens is 3. The van der Waals surface area contributed by atoms with E-state index in [1.807, 2.05) is 4.72 Å². The Morgan fingerprint density at radius 1 is 1.03 bits per heavy atom. The molecule has 4 rings (SSSR count). The zero-order chi connectivity index (χ0) is 43.4. The number of amides is 1. The second-order valence-corrected chi connectivity index (χ2v) is 14.1. The lowest BCUT2D eigenvalue weighted by molar-refractivity contribution is -0.284. The molecule has 58 heavy (non-hydrogen) atoms. The van der Waals surface area contributed by atoms with Gasteiger partial charge in [0.2, 0.25) is 15.9 Å². The monoisotopic (exact) mass is 867 g/mol. The summed E-state index contributed by atoms with van der Waals surface area (Å²) in [5, 5.41) is 60.4. The number of carboxylic acids is 1. The lowest BCUT2D eigenvalue weighted by atomic mass is 9.88. The number of rotatable bonds is 17. The molecule has 1 aliphatic heterocycles. The molecular formula is C31H33F8N5O13S. The summed E-state index contributed by atoms with van der Waals surface area (Å²) in [6.07, 6.45) is -21.3. The molecule has 6 atom stereocenters. The first kappa shape index (κ1) is 45.8. The largest absolute Gasteiger partial charge is 0.484 e. The van der Waals surface area contributed by atoms with Crippen LogP contribution in [0.5, 0.6) is 17.2 Å². The van der Waals surface area contributed by atoms with Gasteiger partial charge in [-0.15, -0.1) is 5.10 Å². The summed E-state index contributed by atoms with van der Waals surface area (Å²) in [7, 11) is -4.90. The molecule has 0 saturated carbocycles. The number of aliphatic hydroxyl groups excluding tert-OH is 4. The number of sulfonamides is 1. The van der Waals surface area contributed by atoms with Gasteiger partial charge in [0.05, 0.1) is 54.9 Å². The van der Waals surface area contributed by atoms with Gasteiger partial charge in [0.15, 0.2) is 13.2 Å². The highest BCUT2D eigenvalue weighted by molar-refractivity contribution is 7.89. The number of carboxylic acid groups (broad SMARTS) is 1. The minimum atomic E-state index is -4.94. The van der Waals surface area contributed by atoms with Crippen LogP contribution in [0.15, 0.2) is 47.5 Å². The van der Waals surface area contributed by atoms with E-state index in [1.165, 1.54) is 0 Å². The van der Waals surface area contributed by atoms with Crippen molar-refractivity contribution in [2.45, 2.75) is 79.8 Å². The van der Waals surface area contributed by atoms with Gasteiger partial charge < -0.3 is 49.8 Å². The van der Waals surface area contributed by atoms with Crippen LogP contribution in [0, 0.1) is 0 Å². The SMILES string of the molecule is CC(=O)N[C@H]1[C@H]([C@H](O)[C@H](O)CO)O[C@@](Oc2ccc(-n3cc(CNS(=O)(=O)c4cc(OCC(F)(F)F)ccc4OCC(F)(F)F)nn3)cc2C(F)F)(C(=O)O)C[C@@H]1O. The molecule has 322 valence electrons. The van der Waals surface area contributed by atoms with Gasteiger partial charge in [-0.05, 0) is 30.3 Å². The van der Waals surface area contributed by atoms with Crippen LogP contribution in [-0.4, -0.2) is 129 Å². The Morgan fingerprint density at radius 2 is 1.67 bits per heavy atom. The molecule has 1 aliphatic rings. The number of alkyl halides is 8. The summed E-state index contributed by atoms with van der Waals surface area (Å²) in [6, 6.07) is 2.89. The van der Waals surface area contributed by atoms with E-state index in [2.05, 4.69) is 25.1 Å². The lowest BCUT2D eigenvalue weighted by Gasteiger charge is -2.46. The van der Waals surface area contributed by atoms with Gasteiger partial charge >= 0.3 is 24.1 Å². The predicted octanol–water partition coefficient (Wildman–Crippen LogP) is 1.09. The molecule has 1 fully saturated rings. The molecule has 1 aromatic heterocycles. The number of hydrogen-bond donors (Lipinski definition) is 7. The smallest absolute Gasteiger partial charge is 0.422 e. The Morgan fingerprint density at radius 3 is 2.26 bits per heavy atom.